The molecule has 1 aromatic carbocycles. The molecule has 1 heterocycles. The van der Waals surface area contributed by atoms with Crippen LogP contribution in [0, 0.1) is 5.82 Å². The van der Waals surface area contributed by atoms with Gasteiger partial charge in [-0.3, -0.25) is 9.69 Å². The van der Waals surface area contributed by atoms with Gasteiger partial charge in [-0.1, -0.05) is 11.6 Å². The maximum atomic E-state index is 13.6. The van der Waals surface area contributed by atoms with E-state index in [-0.39, 0.29) is 5.91 Å². The maximum Gasteiger partial charge on any atom is 0.225 e. The fourth-order valence-corrected chi connectivity index (χ4v) is 2.90. The summed E-state index contributed by atoms with van der Waals surface area (Å²) in [5.41, 5.74) is 1.12. The van der Waals surface area contributed by atoms with Crippen LogP contribution >= 0.6 is 22.9 Å². The van der Waals surface area contributed by atoms with Crippen molar-refractivity contribution in [3.8, 4) is 0 Å². The van der Waals surface area contributed by atoms with Crippen LogP contribution in [0.2, 0.25) is 5.02 Å². The summed E-state index contributed by atoms with van der Waals surface area (Å²) in [6, 6.07) is 4.46. The number of hydrogen-bond donors (Lipinski definition) is 1. The van der Waals surface area contributed by atoms with E-state index in [4.69, 9.17) is 11.6 Å². The summed E-state index contributed by atoms with van der Waals surface area (Å²) >= 11 is 7.09. The standard InChI is InChI=1S/C14H15ClFN3OS/c1-3-19(9(2)20)14-18-11(8-21-14)7-17-13-5-4-10(15)6-12(13)16/h4-6,8,17H,3,7H2,1-2H3. The van der Waals surface area contributed by atoms with E-state index in [9.17, 15) is 9.18 Å². The molecule has 112 valence electrons. The minimum atomic E-state index is -0.406. The van der Waals surface area contributed by atoms with Gasteiger partial charge in [0.1, 0.15) is 5.82 Å². The van der Waals surface area contributed by atoms with Crippen molar-refractivity contribution in [2.45, 2.75) is 20.4 Å². The predicted octanol–water partition coefficient (Wildman–Crippen LogP) is 3.92. The molecule has 0 fully saturated rings. The molecule has 1 amide bonds. The Morgan fingerprint density at radius 1 is 1.52 bits per heavy atom. The van der Waals surface area contributed by atoms with E-state index in [0.717, 1.165) is 5.69 Å². The molecule has 2 aromatic rings. The highest BCUT2D eigenvalue weighted by molar-refractivity contribution is 7.14. The van der Waals surface area contributed by atoms with Gasteiger partial charge in [0.05, 0.1) is 17.9 Å². The molecular formula is C14H15ClFN3OS. The first-order chi connectivity index (χ1) is 10.0. The van der Waals surface area contributed by atoms with Gasteiger partial charge in [-0.05, 0) is 25.1 Å². The molecule has 0 aliphatic heterocycles. The number of thiazole rings is 1. The Kier molecular flexibility index (Phi) is 5.14. The lowest BCUT2D eigenvalue weighted by atomic mass is 10.3. The lowest BCUT2D eigenvalue weighted by molar-refractivity contribution is -0.116. The summed E-state index contributed by atoms with van der Waals surface area (Å²) in [7, 11) is 0. The van der Waals surface area contributed by atoms with Gasteiger partial charge in [0.2, 0.25) is 5.91 Å². The van der Waals surface area contributed by atoms with E-state index < -0.39 is 5.82 Å². The average Bonchev–Trinajstić information content (AvgIpc) is 2.87. The molecule has 1 N–H and O–H groups in total. The second kappa shape index (κ2) is 6.87. The van der Waals surface area contributed by atoms with Crippen LogP contribution < -0.4 is 10.2 Å². The van der Waals surface area contributed by atoms with Crippen molar-refractivity contribution < 1.29 is 9.18 Å². The number of nitrogens with zero attached hydrogens (tertiary/aromatic N) is 2. The number of aromatic nitrogens is 1. The van der Waals surface area contributed by atoms with Crippen LogP contribution in [0.15, 0.2) is 23.6 Å². The third-order valence-electron chi connectivity index (χ3n) is 2.86. The molecule has 0 saturated carbocycles. The van der Waals surface area contributed by atoms with Crippen molar-refractivity contribution in [2.75, 3.05) is 16.8 Å². The fraction of sp³-hybridized carbons (Fsp3) is 0.286. The second-order valence-electron chi connectivity index (χ2n) is 4.36. The number of rotatable bonds is 5. The van der Waals surface area contributed by atoms with Gasteiger partial charge in [-0.25, -0.2) is 9.37 Å². The Morgan fingerprint density at radius 3 is 2.90 bits per heavy atom. The molecule has 4 nitrogen and oxygen atoms in total. The summed E-state index contributed by atoms with van der Waals surface area (Å²) in [5.74, 6) is -0.452. The number of carbonyl (C=O) groups is 1. The molecule has 1 aromatic heterocycles. The number of amides is 1. The van der Waals surface area contributed by atoms with E-state index in [0.29, 0.717) is 28.9 Å². The number of carbonyl (C=O) groups excluding carboxylic acids is 1. The first kappa shape index (κ1) is 15.7. The summed E-state index contributed by atoms with van der Waals surface area (Å²) in [4.78, 5) is 17.4. The Morgan fingerprint density at radius 2 is 2.29 bits per heavy atom. The van der Waals surface area contributed by atoms with E-state index in [1.807, 2.05) is 12.3 Å². The van der Waals surface area contributed by atoms with E-state index >= 15 is 0 Å². The van der Waals surface area contributed by atoms with E-state index in [2.05, 4.69) is 10.3 Å². The topological polar surface area (TPSA) is 45.2 Å². The zero-order chi connectivity index (χ0) is 15.4. The summed E-state index contributed by atoms with van der Waals surface area (Å²) in [6.45, 7) is 4.35. The van der Waals surface area contributed by atoms with Crippen molar-refractivity contribution in [1.29, 1.82) is 0 Å². The Hall–Kier alpha value is -1.66. The number of hydrogen-bond acceptors (Lipinski definition) is 4. The molecule has 0 spiro atoms. The van der Waals surface area contributed by atoms with Crippen LogP contribution in [-0.2, 0) is 11.3 Å². The van der Waals surface area contributed by atoms with Crippen molar-refractivity contribution in [3.63, 3.8) is 0 Å². The smallest absolute Gasteiger partial charge is 0.225 e. The number of nitrogens with one attached hydrogen (secondary N) is 1. The van der Waals surface area contributed by atoms with Gasteiger partial charge in [0.15, 0.2) is 5.13 Å². The van der Waals surface area contributed by atoms with Crippen LogP contribution in [0.3, 0.4) is 0 Å². The quantitative estimate of drug-likeness (QED) is 0.905. The number of benzene rings is 1. The van der Waals surface area contributed by atoms with Gasteiger partial charge in [0.25, 0.3) is 0 Å². The summed E-state index contributed by atoms with van der Waals surface area (Å²) in [5, 5.41) is 5.82. The molecule has 0 atom stereocenters. The third-order valence-corrected chi connectivity index (χ3v) is 4.01. The SMILES string of the molecule is CCN(C(C)=O)c1nc(CNc2ccc(Cl)cc2F)cs1. The van der Waals surface area contributed by atoms with Crippen LogP contribution in [0.25, 0.3) is 0 Å². The van der Waals surface area contributed by atoms with Crippen LogP contribution in [0.5, 0.6) is 0 Å². The first-order valence-electron chi connectivity index (χ1n) is 6.42. The van der Waals surface area contributed by atoms with Gasteiger partial charge < -0.3 is 5.32 Å². The Bertz CT molecular complexity index is 647. The van der Waals surface area contributed by atoms with Crippen molar-refractivity contribution in [1.82, 2.24) is 4.98 Å². The van der Waals surface area contributed by atoms with Gasteiger partial charge in [-0.2, -0.15) is 0 Å². The average molecular weight is 328 g/mol. The van der Waals surface area contributed by atoms with Gasteiger partial charge in [-0.15, -0.1) is 11.3 Å². The predicted molar refractivity (Wildman–Crippen MR) is 84.6 cm³/mol. The van der Waals surface area contributed by atoms with Crippen LogP contribution in [-0.4, -0.2) is 17.4 Å². The molecule has 0 aliphatic carbocycles. The van der Waals surface area contributed by atoms with E-state index in [1.54, 1.807) is 17.0 Å². The van der Waals surface area contributed by atoms with Crippen LogP contribution in [0.4, 0.5) is 15.2 Å². The Balaban J connectivity index is 2.04. The molecule has 0 aliphatic rings. The molecule has 0 radical (unpaired) electrons. The highest BCUT2D eigenvalue weighted by atomic mass is 35.5. The molecule has 7 heteroatoms. The maximum absolute atomic E-state index is 13.6. The minimum Gasteiger partial charge on any atom is -0.377 e. The normalized spacial score (nSPS) is 10.5. The van der Waals surface area contributed by atoms with Crippen molar-refractivity contribution in [3.05, 3.63) is 40.1 Å². The number of anilines is 2. The molecular weight excluding hydrogens is 313 g/mol. The summed E-state index contributed by atoms with van der Waals surface area (Å²) in [6.07, 6.45) is 0. The van der Waals surface area contributed by atoms with Gasteiger partial charge in [0, 0.05) is 23.9 Å². The molecule has 2 rings (SSSR count). The molecule has 0 unspecified atom stereocenters. The minimum absolute atomic E-state index is 0.0462. The molecule has 0 bridgehead atoms. The van der Waals surface area contributed by atoms with Crippen molar-refractivity contribution in [2.24, 2.45) is 0 Å². The highest BCUT2D eigenvalue weighted by Crippen LogP contribution is 2.23. The second-order valence-corrected chi connectivity index (χ2v) is 5.64. The molecule has 21 heavy (non-hydrogen) atoms. The fourth-order valence-electron chi connectivity index (χ4n) is 1.81. The van der Waals surface area contributed by atoms with E-state index in [1.165, 1.54) is 24.3 Å². The summed E-state index contributed by atoms with van der Waals surface area (Å²) < 4.78 is 13.6. The monoisotopic (exact) mass is 327 g/mol. The highest BCUT2D eigenvalue weighted by Gasteiger charge is 2.13. The first-order valence-corrected chi connectivity index (χ1v) is 7.68. The van der Waals surface area contributed by atoms with Crippen LogP contribution in [0.1, 0.15) is 19.5 Å². The number of halogens is 2. The zero-order valence-electron chi connectivity index (χ0n) is 11.7. The lowest BCUT2D eigenvalue weighted by Crippen LogP contribution is -2.27. The zero-order valence-corrected chi connectivity index (χ0v) is 13.3. The molecule has 0 saturated heterocycles. The Labute approximate surface area is 131 Å². The third kappa shape index (κ3) is 3.92. The van der Waals surface area contributed by atoms with Crippen molar-refractivity contribution >= 4 is 39.7 Å². The lowest BCUT2D eigenvalue weighted by Gasteiger charge is -2.14. The van der Waals surface area contributed by atoms with Gasteiger partial charge >= 0.3 is 0 Å². The largest absolute Gasteiger partial charge is 0.377 e.